The molecule has 0 aliphatic carbocycles. The lowest BCUT2D eigenvalue weighted by Crippen LogP contribution is -2.45. The Labute approximate surface area is 209 Å². The van der Waals surface area contributed by atoms with Crippen LogP contribution in [0.15, 0.2) is 77.8 Å². The van der Waals surface area contributed by atoms with Gasteiger partial charge in [0, 0.05) is 13.1 Å². The average molecular weight is 492 g/mol. The minimum Gasteiger partial charge on any atom is -0.302 e. The Kier molecular flexibility index (Phi) is 6.67. The van der Waals surface area contributed by atoms with E-state index in [9.17, 15) is 18.0 Å². The number of benzene rings is 3. The molecular formula is C29H28F3N3O. The Morgan fingerprint density at radius 3 is 1.75 bits per heavy atom. The van der Waals surface area contributed by atoms with Crippen LogP contribution in [0.25, 0.3) is 0 Å². The van der Waals surface area contributed by atoms with Gasteiger partial charge in [-0.25, -0.2) is 18.2 Å². The van der Waals surface area contributed by atoms with Crippen molar-refractivity contribution >= 4 is 11.7 Å². The van der Waals surface area contributed by atoms with E-state index in [0.29, 0.717) is 36.0 Å². The first kappa shape index (κ1) is 24.3. The Morgan fingerprint density at radius 2 is 1.25 bits per heavy atom. The molecule has 2 heterocycles. The van der Waals surface area contributed by atoms with E-state index < -0.39 is 17.2 Å². The van der Waals surface area contributed by atoms with E-state index in [1.807, 2.05) is 12.1 Å². The summed E-state index contributed by atoms with van der Waals surface area (Å²) in [6.07, 6.45) is 1.95. The Hall–Kier alpha value is -3.45. The van der Waals surface area contributed by atoms with Crippen LogP contribution in [0.2, 0.25) is 0 Å². The van der Waals surface area contributed by atoms with E-state index in [2.05, 4.69) is 4.90 Å². The van der Waals surface area contributed by atoms with E-state index in [4.69, 9.17) is 4.99 Å². The number of nitrogens with zero attached hydrogens (tertiary/aromatic N) is 3. The minimum absolute atomic E-state index is 0.221. The van der Waals surface area contributed by atoms with Gasteiger partial charge in [-0.05, 0) is 91.9 Å². The molecule has 1 fully saturated rings. The molecule has 186 valence electrons. The highest BCUT2D eigenvalue weighted by Crippen LogP contribution is 2.40. The van der Waals surface area contributed by atoms with E-state index >= 15 is 0 Å². The maximum absolute atomic E-state index is 13.9. The summed E-state index contributed by atoms with van der Waals surface area (Å²) in [4.78, 5) is 22.7. The number of amides is 1. The summed E-state index contributed by atoms with van der Waals surface area (Å²) in [6, 6.07) is 18.3. The molecule has 3 aromatic carbocycles. The normalized spacial score (nSPS) is 18.5. The van der Waals surface area contributed by atoms with Crippen molar-refractivity contribution < 1.29 is 18.0 Å². The summed E-state index contributed by atoms with van der Waals surface area (Å²) in [5, 5.41) is 0. The molecule has 0 atom stereocenters. The summed E-state index contributed by atoms with van der Waals surface area (Å²) in [7, 11) is 0. The van der Waals surface area contributed by atoms with Crippen molar-refractivity contribution in [2.24, 2.45) is 4.99 Å². The molecule has 4 nitrogen and oxygen atoms in total. The van der Waals surface area contributed by atoms with Gasteiger partial charge in [0.05, 0.1) is 0 Å². The predicted octanol–water partition coefficient (Wildman–Crippen LogP) is 5.49. The second kappa shape index (κ2) is 9.90. The highest BCUT2D eigenvalue weighted by atomic mass is 19.1. The van der Waals surface area contributed by atoms with E-state index in [0.717, 1.165) is 31.5 Å². The van der Waals surface area contributed by atoms with E-state index in [1.165, 1.54) is 36.4 Å². The number of halogens is 3. The number of amidine groups is 1. The lowest BCUT2D eigenvalue weighted by Gasteiger charge is -2.33. The molecule has 0 N–H and O–H groups in total. The molecule has 5 rings (SSSR count). The molecule has 0 spiro atoms. The Balaban J connectivity index is 1.31. The third kappa shape index (κ3) is 4.55. The first-order valence-electron chi connectivity index (χ1n) is 12.2. The van der Waals surface area contributed by atoms with Gasteiger partial charge in [-0.3, -0.25) is 9.69 Å². The lowest BCUT2D eigenvalue weighted by molar-refractivity contribution is -0.130. The fourth-order valence-electron chi connectivity index (χ4n) is 5.35. The summed E-state index contributed by atoms with van der Waals surface area (Å²) in [5.41, 5.74) is 0.878. The fraction of sp³-hybridized carbons (Fsp3) is 0.310. The van der Waals surface area contributed by atoms with Gasteiger partial charge in [-0.1, -0.05) is 36.4 Å². The number of carbonyl (C=O) groups is 1. The Morgan fingerprint density at radius 1 is 0.778 bits per heavy atom. The molecule has 0 unspecified atom stereocenters. The van der Waals surface area contributed by atoms with Crippen molar-refractivity contribution in [1.29, 1.82) is 0 Å². The van der Waals surface area contributed by atoms with E-state index in [1.54, 1.807) is 36.1 Å². The molecule has 2 aliphatic rings. The zero-order valence-corrected chi connectivity index (χ0v) is 20.1. The molecule has 36 heavy (non-hydrogen) atoms. The second-order valence-corrected chi connectivity index (χ2v) is 9.51. The number of likely N-dealkylation sites (tertiary alicyclic amines) is 1. The van der Waals surface area contributed by atoms with Gasteiger partial charge in [-0.2, -0.15) is 0 Å². The van der Waals surface area contributed by atoms with Crippen LogP contribution < -0.4 is 0 Å². The van der Waals surface area contributed by atoms with Crippen LogP contribution in [0.5, 0.6) is 0 Å². The van der Waals surface area contributed by atoms with E-state index in [-0.39, 0.29) is 11.7 Å². The Bertz CT molecular complexity index is 1200. The highest BCUT2D eigenvalue weighted by molar-refractivity contribution is 6.09. The molecule has 0 radical (unpaired) electrons. The average Bonchev–Trinajstić information content (AvgIpc) is 3.14. The number of carbonyl (C=O) groups excluding carboxylic acids is 1. The number of aliphatic imine (C=N–C) groups is 1. The quantitative estimate of drug-likeness (QED) is 0.457. The van der Waals surface area contributed by atoms with Gasteiger partial charge in [0.1, 0.15) is 23.3 Å². The van der Waals surface area contributed by atoms with Crippen LogP contribution >= 0.6 is 0 Å². The monoisotopic (exact) mass is 491 g/mol. The van der Waals surface area contributed by atoms with Crippen LogP contribution in [0.4, 0.5) is 13.2 Å². The van der Waals surface area contributed by atoms with Crippen LogP contribution in [0.1, 0.15) is 42.4 Å². The molecule has 0 saturated carbocycles. The van der Waals surface area contributed by atoms with Crippen LogP contribution in [-0.4, -0.2) is 47.7 Å². The lowest BCUT2D eigenvalue weighted by atomic mass is 9.83. The van der Waals surface area contributed by atoms with Crippen molar-refractivity contribution in [1.82, 2.24) is 9.80 Å². The number of piperidine rings is 1. The standard InChI is InChI=1S/C29H28F3N3O/c1-20-33-29(23-4-10-26(31)11-5-23,24-6-12-27(32)13-7-24)28(36)35(20)19-18-34-16-14-22(15-17-34)21-2-8-25(30)9-3-21/h2-13,22H,14-19H2,1H3. The van der Waals surface area contributed by atoms with Crippen LogP contribution in [0.3, 0.4) is 0 Å². The molecule has 1 saturated heterocycles. The number of rotatable bonds is 6. The summed E-state index contributed by atoms with van der Waals surface area (Å²) in [6.45, 7) is 4.74. The van der Waals surface area contributed by atoms with Gasteiger partial charge in [-0.15, -0.1) is 0 Å². The maximum atomic E-state index is 13.9. The molecule has 0 bridgehead atoms. The van der Waals surface area contributed by atoms with Crippen molar-refractivity contribution in [3.63, 3.8) is 0 Å². The van der Waals surface area contributed by atoms with Crippen molar-refractivity contribution in [3.8, 4) is 0 Å². The summed E-state index contributed by atoms with van der Waals surface area (Å²) in [5.74, 6) is -0.265. The first-order valence-corrected chi connectivity index (χ1v) is 12.2. The smallest absolute Gasteiger partial charge is 0.265 e. The molecule has 2 aliphatic heterocycles. The largest absolute Gasteiger partial charge is 0.302 e. The molecule has 1 amide bonds. The third-order valence-electron chi connectivity index (χ3n) is 7.37. The molecule has 7 heteroatoms. The predicted molar refractivity (Wildman–Crippen MR) is 133 cm³/mol. The number of hydrogen-bond donors (Lipinski definition) is 0. The summed E-state index contributed by atoms with van der Waals surface area (Å²) < 4.78 is 40.6. The zero-order valence-electron chi connectivity index (χ0n) is 20.1. The zero-order chi connectivity index (χ0) is 25.3. The maximum Gasteiger partial charge on any atom is 0.265 e. The highest BCUT2D eigenvalue weighted by Gasteiger charge is 2.50. The molecular weight excluding hydrogens is 463 g/mol. The second-order valence-electron chi connectivity index (χ2n) is 9.51. The number of hydrogen-bond acceptors (Lipinski definition) is 3. The topological polar surface area (TPSA) is 35.9 Å². The van der Waals surface area contributed by atoms with Gasteiger partial charge in [0.2, 0.25) is 0 Å². The van der Waals surface area contributed by atoms with Gasteiger partial charge >= 0.3 is 0 Å². The van der Waals surface area contributed by atoms with Crippen LogP contribution in [0, 0.1) is 17.5 Å². The van der Waals surface area contributed by atoms with Gasteiger partial charge in [0.15, 0.2) is 5.54 Å². The van der Waals surface area contributed by atoms with Crippen molar-refractivity contribution in [3.05, 3.63) is 107 Å². The van der Waals surface area contributed by atoms with Crippen molar-refractivity contribution in [2.75, 3.05) is 26.2 Å². The van der Waals surface area contributed by atoms with Crippen molar-refractivity contribution in [2.45, 2.75) is 31.2 Å². The minimum atomic E-state index is -1.37. The van der Waals surface area contributed by atoms with Gasteiger partial charge < -0.3 is 4.90 Å². The van der Waals surface area contributed by atoms with Gasteiger partial charge in [0.25, 0.3) is 5.91 Å². The fourth-order valence-corrected chi connectivity index (χ4v) is 5.35. The first-order chi connectivity index (χ1) is 17.4. The molecule has 3 aromatic rings. The third-order valence-corrected chi connectivity index (χ3v) is 7.37. The van der Waals surface area contributed by atoms with Crippen LogP contribution in [-0.2, 0) is 10.3 Å². The molecule has 0 aromatic heterocycles. The summed E-state index contributed by atoms with van der Waals surface area (Å²) >= 11 is 0. The SMILES string of the molecule is CC1=NC(c2ccc(F)cc2)(c2ccc(F)cc2)C(=O)N1CCN1CCC(c2ccc(F)cc2)CC1.